The molecule has 0 saturated heterocycles. The zero-order valence-corrected chi connectivity index (χ0v) is 19.4. The SMILES string of the molecule is Cc1nn(CCCNC(=O)c2cccc(COc3ccc(C(C)C)cc3)c2)c(C)c1Cl. The summed E-state index contributed by atoms with van der Waals surface area (Å²) in [6, 6.07) is 15.7. The summed E-state index contributed by atoms with van der Waals surface area (Å²) in [5.41, 5.74) is 4.66. The Morgan fingerprint density at radius 2 is 1.90 bits per heavy atom. The smallest absolute Gasteiger partial charge is 0.251 e. The van der Waals surface area contributed by atoms with Gasteiger partial charge >= 0.3 is 0 Å². The lowest BCUT2D eigenvalue weighted by Crippen LogP contribution is -2.25. The molecular weight excluding hydrogens is 410 g/mol. The maximum atomic E-state index is 12.5. The molecule has 1 aromatic heterocycles. The molecule has 3 aromatic rings. The van der Waals surface area contributed by atoms with Crippen molar-refractivity contribution in [2.45, 2.75) is 53.2 Å². The average Bonchev–Trinajstić information content (AvgIpc) is 3.02. The molecule has 0 aliphatic heterocycles. The topological polar surface area (TPSA) is 56.2 Å². The highest BCUT2D eigenvalue weighted by molar-refractivity contribution is 6.31. The molecule has 0 saturated carbocycles. The number of rotatable bonds is 9. The van der Waals surface area contributed by atoms with Crippen LogP contribution in [0.3, 0.4) is 0 Å². The van der Waals surface area contributed by atoms with Crippen LogP contribution in [0.1, 0.15) is 59.1 Å². The van der Waals surface area contributed by atoms with Crippen molar-refractivity contribution < 1.29 is 9.53 Å². The number of aromatic nitrogens is 2. The number of ether oxygens (including phenoxy) is 1. The summed E-state index contributed by atoms with van der Waals surface area (Å²) >= 11 is 6.18. The molecule has 0 unspecified atom stereocenters. The second-order valence-corrected chi connectivity index (χ2v) is 8.41. The fourth-order valence-corrected chi connectivity index (χ4v) is 3.48. The predicted octanol–water partition coefficient (Wildman–Crippen LogP) is 5.68. The first-order valence-electron chi connectivity index (χ1n) is 10.6. The van der Waals surface area contributed by atoms with Crippen molar-refractivity contribution in [3.63, 3.8) is 0 Å². The molecule has 0 spiro atoms. The number of carbonyl (C=O) groups is 1. The van der Waals surface area contributed by atoms with Gasteiger partial charge in [-0.1, -0.05) is 49.7 Å². The van der Waals surface area contributed by atoms with Gasteiger partial charge in [-0.25, -0.2) is 0 Å². The molecule has 3 rings (SSSR count). The van der Waals surface area contributed by atoms with Gasteiger partial charge in [-0.05, 0) is 61.6 Å². The number of benzene rings is 2. The maximum absolute atomic E-state index is 12.5. The fourth-order valence-electron chi connectivity index (χ4n) is 3.34. The first-order valence-corrected chi connectivity index (χ1v) is 11.0. The zero-order valence-electron chi connectivity index (χ0n) is 18.6. The number of aryl methyl sites for hydroxylation is 2. The molecule has 1 heterocycles. The summed E-state index contributed by atoms with van der Waals surface area (Å²) in [6.07, 6.45) is 0.777. The van der Waals surface area contributed by atoms with E-state index in [0.717, 1.165) is 29.1 Å². The summed E-state index contributed by atoms with van der Waals surface area (Å²) in [6.45, 7) is 9.88. The standard InChI is InChI=1S/C25H30ClN3O2/c1-17(2)21-9-11-23(12-10-21)31-16-20-7-5-8-22(15-20)25(30)27-13-6-14-29-19(4)24(26)18(3)28-29/h5,7-12,15,17H,6,13-14,16H2,1-4H3,(H,27,30). The Morgan fingerprint density at radius 1 is 1.16 bits per heavy atom. The Kier molecular flexibility index (Phi) is 7.75. The van der Waals surface area contributed by atoms with E-state index in [4.69, 9.17) is 16.3 Å². The highest BCUT2D eigenvalue weighted by Crippen LogP contribution is 2.20. The van der Waals surface area contributed by atoms with Gasteiger partial charge in [-0.2, -0.15) is 5.10 Å². The Labute approximate surface area is 189 Å². The third-order valence-corrected chi connectivity index (χ3v) is 5.81. The molecule has 0 bridgehead atoms. The van der Waals surface area contributed by atoms with E-state index in [2.05, 4.69) is 36.4 Å². The van der Waals surface area contributed by atoms with E-state index in [-0.39, 0.29) is 5.91 Å². The van der Waals surface area contributed by atoms with E-state index in [1.54, 1.807) is 0 Å². The Bertz CT molecular complexity index is 1030. The number of nitrogens with zero attached hydrogens (tertiary/aromatic N) is 2. The highest BCUT2D eigenvalue weighted by atomic mass is 35.5. The van der Waals surface area contributed by atoms with Crippen LogP contribution in [0.15, 0.2) is 48.5 Å². The van der Waals surface area contributed by atoms with Gasteiger partial charge in [0.05, 0.1) is 16.4 Å². The van der Waals surface area contributed by atoms with Gasteiger partial charge < -0.3 is 10.1 Å². The molecule has 0 aliphatic carbocycles. The molecular formula is C25H30ClN3O2. The number of hydrogen-bond acceptors (Lipinski definition) is 3. The van der Waals surface area contributed by atoms with Crippen molar-refractivity contribution in [2.24, 2.45) is 0 Å². The van der Waals surface area contributed by atoms with Crippen molar-refractivity contribution in [3.8, 4) is 5.75 Å². The molecule has 0 aliphatic rings. The number of carbonyl (C=O) groups excluding carboxylic acids is 1. The highest BCUT2D eigenvalue weighted by Gasteiger charge is 2.10. The Morgan fingerprint density at radius 3 is 2.55 bits per heavy atom. The van der Waals surface area contributed by atoms with Crippen LogP contribution >= 0.6 is 11.6 Å². The molecule has 0 atom stereocenters. The van der Waals surface area contributed by atoms with Crippen LogP contribution in [0, 0.1) is 13.8 Å². The van der Waals surface area contributed by atoms with Gasteiger partial charge in [0.25, 0.3) is 5.91 Å². The largest absolute Gasteiger partial charge is 0.489 e. The molecule has 1 N–H and O–H groups in total. The van der Waals surface area contributed by atoms with Crippen LogP contribution < -0.4 is 10.1 Å². The summed E-state index contributed by atoms with van der Waals surface area (Å²) in [7, 11) is 0. The quantitative estimate of drug-likeness (QED) is 0.436. The minimum Gasteiger partial charge on any atom is -0.489 e. The third-order valence-electron chi connectivity index (χ3n) is 5.27. The van der Waals surface area contributed by atoms with Gasteiger partial charge in [0, 0.05) is 18.7 Å². The van der Waals surface area contributed by atoms with Gasteiger partial charge in [-0.3, -0.25) is 9.48 Å². The average molecular weight is 440 g/mol. The molecule has 31 heavy (non-hydrogen) atoms. The second-order valence-electron chi connectivity index (χ2n) is 8.03. The lowest BCUT2D eigenvalue weighted by Gasteiger charge is -2.10. The predicted molar refractivity (Wildman–Crippen MR) is 125 cm³/mol. The third kappa shape index (κ3) is 6.11. The van der Waals surface area contributed by atoms with Gasteiger partial charge in [-0.15, -0.1) is 0 Å². The molecule has 6 heteroatoms. The van der Waals surface area contributed by atoms with E-state index in [9.17, 15) is 4.79 Å². The fraction of sp³-hybridized carbons (Fsp3) is 0.360. The van der Waals surface area contributed by atoms with Crippen molar-refractivity contribution in [1.29, 1.82) is 0 Å². The van der Waals surface area contributed by atoms with Gasteiger partial charge in [0.2, 0.25) is 0 Å². The molecule has 2 aromatic carbocycles. The number of amides is 1. The zero-order chi connectivity index (χ0) is 22.4. The summed E-state index contributed by atoms with van der Waals surface area (Å²) in [5, 5.41) is 8.09. The van der Waals surface area contributed by atoms with Gasteiger partial charge in [0.1, 0.15) is 12.4 Å². The van der Waals surface area contributed by atoms with Crippen LogP contribution in [0.2, 0.25) is 5.02 Å². The Hall–Kier alpha value is -2.79. The van der Waals surface area contributed by atoms with Crippen molar-refractivity contribution in [1.82, 2.24) is 15.1 Å². The summed E-state index contributed by atoms with van der Waals surface area (Å²) < 4.78 is 7.76. The van der Waals surface area contributed by atoms with E-state index in [0.29, 0.717) is 36.2 Å². The number of nitrogens with one attached hydrogen (secondary N) is 1. The van der Waals surface area contributed by atoms with E-state index in [1.807, 2.05) is 54.9 Å². The van der Waals surface area contributed by atoms with E-state index < -0.39 is 0 Å². The van der Waals surface area contributed by atoms with E-state index in [1.165, 1.54) is 5.56 Å². The minimum absolute atomic E-state index is 0.0884. The molecule has 164 valence electrons. The molecule has 0 radical (unpaired) electrons. The Balaban J connectivity index is 1.48. The first-order chi connectivity index (χ1) is 14.8. The number of hydrogen-bond donors (Lipinski definition) is 1. The number of halogens is 1. The summed E-state index contributed by atoms with van der Waals surface area (Å²) in [5.74, 6) is 1.23. The monoisotopic (exact) mass is 439 g/mol. The van der Waals surface area contributed by atoms with Crippen LogP contribution in [0.5, 0.6) is 5.75 Å². The van der Waals surface area contributed by atoms with Crippen LogP contribution in [-0.2, 0) is 13.2 Å². The first kappa shape index (κ1) is 22.9. The van der Waals surface area contributed by atoms with Crippen LogP contribution in [-0.4, -0.2) is 22.2 Å². The summed E-state index contributed by atoms with van der Waals surface area (Å²) in [4.78, 5) is 12.5. The van der Waals surface area contributed by atoms with Crippen molar-refractivity contribution in [3.05, 3.63) is 81.6 Å². The van der Waals surface area contributed by atoms with Crippen molar-refractivity contribution >= 4 is 17.5 Å². The normalized spacial score (nSPS) is 11.0. The van der Waals surface area contributed by atoms with E-state index >= 15 is 0 Å². The molecule has 5 nitrogen and oxygen atoms in total. The second kappa shape index (κ2) is 10.5. The van der Waals surface area contributed by atoms with Crippen LogP contribution in [0.4, 0.5) is 0 Å². The van der Waals surface area contributed by atoms with Crippen LogP contribution in [0.25, 0.3) is 0 Å². The lowest BCUT2D eigenvalue weighted by molar-refractivity contribution is 0.0952. The van der Waals surface area contributed by atoms with Gasteiger partial charge in [0.15, 0.2) is 0 Å². The minimum atomic E-state index is -0.0884. The maximum Gasteiger partial charge on any atom is 0.251 e. The van der Waals surface area contributed by atoms with Crippen molar-refractivity contribution in [2.75, 3.05) is 6.54 Å². The molecule has 0 fully saturated rings. The molecule has 1 amide bonds. The lowest BCUT2D eigenvalue weighted by atomic mass is 10.0.